The molecule has 1 N–H and O–H groups in total. The molecule has 2 atom stereocenters. The Labute approximate surface area is 160 Å². The number of aromatic nitrogens is 2. The summed E-state index contributed by atoms with van der Waals surface area (Å²) in [6, 6.07) is 5.89. The van der Waals surface area contributed by atoms with Crippen LogP contribution in [0.1, 0.15) is 43.7 Å². The van der Waals surface area contributed by atoms with E-state index in [9.17, 15) is 13.2 Å². The summed E-state index contributed by atoms with van der Waals surface area (Å²) in [6.45, 7) is 5.97. The average Bonchev–Trinajstić information content (AvgIpc) is 3.09. The van der Waals surface area contributed by atoms with Crippen molar-refractivity contribution in [2.75, 3.05) is 5.75 Å². The summed E-state index contributed by atoms with van der Waals surface area (Å²) in [7, 11) is -3.85. The van der Waals surface area contributed by atoms with Gasteiger partial charge in [-0.3, -0.25) is 9.36 Å². The van der Waals surface area contributed by atoms with E-state index < -0.39 is 21.5 Å². The Morgan fingerprint density at radius 1 is 1.26 bits per heavy atom. The van der Waals surface area contributed by atoms with Crippen molar-refractivity contribution >= 4 is 15.7 Å². The Balaban J connectivity index is 1.81. The lowest BCUT2D eigenvalue weighted by Gasteiger charge is -2.29. The first-order valence-corrected chi connectivity index (χ1v) is 11.1. The van der Waals surface area contributed by atoms with Gasteiger partial charge in [0.2, 0.25) is 20.9 Å². The summed E-state index contributed by atoms with van der Waals surface area (Å²) >= 11 is 0. The number of nitrogens with one attached hydrogen (secondary N) is 1. The van der Waals surface area contributed by atoms with E-state index in [1.54, 1.807) is 10.8 Å². The lowest BCUT2D eigenvalue weighted by atomic mass is 9.86. The Kier molecular flexibility index (Phi) is 5.69. The third kappa shape index (κ3) is 4.40. The number of hydrogen-bond donors (Lipinski definition) is 1. The third-order valence-corrected chi connectivity index (χ3v) is 6.79. The summed E-state index contributed by atoms with van der Waals surface area (Å²) in [4.78, 5) is 16.5. The minimum Gasteiger partial charge on any atom is -0.352 e. The quantitative estimate of drug-likeness (QED) is 0.852. The molecule has 1 heterocycles. The van der Waals surface area contributed by atoms with Crippen molar-refractivity contribution < 1.29 is 13.2 Å². The van der Waals surface area contributed by atoms with Gasteiger partial charge in [-0.25, -0.2) is 13.4 Å². The van der Waals surface area contributed by atoms with Crippen molar-refractivity contribution in [3.8, 4) is 5.69 Å². The van der Waals surface area contributed by atoms with E-state index in [-0.39, 0.29) is 11.2 Å². The van der Waals surface area contributed by atoms with Gasteiger partial charge in [-0.2, -0.15) is 0 Å². The number of aryl methyl sites for hydroxylation is 2. The Morgan fingerprint density at radius 2 is 2.00 bits per heavy atom. The fourth-order valence-corrected chi connectivity index (χ4v) is 4.94. The standard InChI is InChI=1S/C20H27N3O3S/c1-14-8-9-16(3)18(12-14)23-11-10-21-20(23)27(25,26)13-19(24)22-17-7-5-4-6-15(17)2/h8-12,15,17H,4-7,13H2,1-3H3,(H,22,24). The third-order valence-electron chi connectivity index (χ3n) is 5.29. The first kappa shape index (κ1) is 19.6. The highest BCUT2D eigenvalue weighted by Crippen LogP contribution is 2.24. The molecular weight excluding hydrogens is 362 g/mol. The Hall–Kier alpha value is -2.15. The molecule has 0 aliphatic heterocycles. The van der Waals surface area contributed by atoms with Crippen molar-refractivity contribution in [2.45, 2.75) is 57.7 Å². The van der Waals surface area contributed by atoms with E-state index in [2.05, 4.69) is 17.2 Å². The van der Waals surface area contributed by atoms with Gasteiger partial charge in [-0.05, 0) is 49.8 Å². The number of benzene rings is 1. The van der Waals surface area contributed by atoms with E-state index >= 15 is 0 Å². The number of imidazole rings is 1. The smallest absolute Gasteiger partial charge is 0.235 e. The number of carbonyl (C=O) groups excluding carboxylic acids is 1. The van der Waals surface area contributed by atoms with Crippen molar-refractivity contribution in [2.24, 2.45) is 5.92 Å². The minimum atomic E-state index is -3.85. The molecule has 1 saturated carbocycles. The zero-order valence-corrected chi connectivity index (χ0v) is 16.9. The average molecular weight is 390 g/mol. The maximum Gasteiger partial charge on any atom is 0.235 e. The van der Waals surface area contributed by atoms with Crippen LogP contribution in [-0.2, 0) is 14.6 Å². The summed E-state index contributed by atoms with van der Waals surface area (Å²) < 4.78 is 27.3. The molecule has 0 saturated heterocycles. The first-order valence-electron chi connectivity index (χ1n) is 9.41. The van der Waals surface area contributed by atoms with Crippen LogP contribution in [0.5, 0.6) is 0 Å². The minimum absolute atomic E-state index is 0.0558. The van der Waals surface area contributed by atoms with Gasteiger partial charge in [0, 0.05) is 18.4 Å². The van der Waals surface area contributed by atoms with Gasteiger partial charge in [-0.1, -0.05) is 31.9 Å². The van der Waals surface area contributed by atoms with Crippen LogP contribution in [0, 0.1) is 19.8 Å². The van der Waals surface area contributed by atoms with Crippen LogP contribution in [0.2, 0.25) is 0 Å². The number of carbonyl (C=O) groups is 1. The van der Waals surface area contributed by atoms with Gasteiger partial charge >= 0.3 is 0 Å². The maximum atomic E-state index is 12.9. The molecule has 7 heteroatoms. The van der Waals surface area contributed by atoms with E-state index in [0.29, 0.717) is 5.92 Å². The molecular formula is C20H27N3O3S. The second-order valence-corrected chi connectivity index (χ2v) is 9.45. The molecule has 2 unspecified atom stereocenters. The fraction of sp³-hybridized carbons (Fsp3) is 0.500. The fourth-order valence-electron chi connectivity index (χ4n) is 3.70. The molecule has 0 bridgehead atoms. The molecule has 1 fully saturated rings. The summed E-state index contributed by atoms with van der Waals surface area (Å²) in [5.41, 5.74) is 2.72. The van der Waals surface area contributed by atoms with Crippen LogP contribution in [0.4, 0.5) is 0 Å². The van der Waals surface area contributed by atoms with Crippen LogP contribution in [0.25, 0.3) is 5.69 Å². The van der Waals surface area contributed by atoms with Gasteiger partial charge in [0.25, 0.3) is 0 Å². The topological polar surface area (TPSA) is 81.1 Å². The van der Waals surface area contributed by atoms with Crippen molar-refractivity contribution in [1.82, 2.24) is 14.9 Å². The maximum absolute atomic E-state index is 12.9. The predicted octanol–water partition coefficient (Wildman–Crippen LogP) is 2.96. The number of amides is 1. The Bertz CT molecular complexity index is 934. The van der Waals surface area contributed by atoms with Gasteiger partial charge in [0.15, 0.2) is 0 Å². The van der Waals surface area contributed by atoms with Gasteiger partial charge in [-0.15, -0.1) is 0 Å². The monoisotopic (exact) mass is 389 g/mol. The zero-order chi connectivity index (χ0) is 19.6. The molecule has 27 heavy (non-hydrogen) atoms. The van der Waals surface area contributed by atoms with Gasteiger partial charge in [0.1, 0.15) is 5.75 Å². The second-order valence-electron chi connectivity index (χ2n) is 7.56. The highest BCUT2D eigenvalue weighted by molar-refractivity contribution is 7.92. The predicted molar refractivity (Wildman–Crippen MR) is 105 cm³/mol. The molecule has 0 radical (unpaired) electrons. The molecule has 3 rings (SSSR count). The molecule has 2 aromatic rings. The molecule has 1 aromatic carbocycles. The SMILES string of the molecule is Cc1ccc(C)c(-n2ccnc2S(=O)(=O)CC(=O)NC2CCCCC2C)c1. The van der Waals surface area contributed by atoms with E-state index in [1.807, 2.05) is 32.0 Å². The number of rotatable bonds is 5. The van der Waals surface area contributed by atoms with Crippen LogP contribution in [0.3, 0.4) is 0 Å². The number of sulfone groups is 1. The van der Waals surface area contributed by atoms with Crippen molar-refractivity contribution in [3.05, 3.63) is 41.7 Å². The van der Waals surface area contributed by atoms with Crippen LogP contribution in [-0.4, -0.2) is 35.7 Å². The van der Waals surface area contributed by atoms with Crippen LogP contribution < -0.4 is 5.32 Å². The molecule has 146 valence electrons. The Morgan fingerprint density at radius 3 is 2.74 bits per heavy atom. The largest absolute Gasteiger partial charge is 0.352 e. The normalized spacial score (nSPS) is 20.4. The van der Waals surface area contributed by atoms with Crippen molar-refractivity contribution in [3.63, 3.8) is 0 Å². The number of nitrogens with zero attached hydrogens (tertiary/aromatic N) is 2. The van der Waals surface area contributed by atoms with Crippen LogP contribution in [0.15, 0.2) is 35.7 Å². The van der Waals surface area contributed by atoms with Crippen molar-refractivity contribution in [1.29, 1.82) is 0 Å². The molecule has 1 aromatic heterocycles. The summed E-state index contributed by atoms with van der Waals surface area (Å²) in [5, 5.41) is 2.82. The lowest BCUT2D eigenvalue weighted by Crippen LogP contribution is -2.43. The first-order chi connectivity index (χ1) is 12.8. The summed E-state index contributed by atoms with van der Waals surface area (Å²) in [5.74, 6) is -0.662. The van der Waals surface area contributed by atoms with E-state index in [1.165, 1.54) is 12.6 Å². The van der Waals surface area contributed by atoms with Crippen LogP contribution >= 0.6 is 0 Å². The molecule has 1 amide bonds. The van der Waals surface area contributed by atoms with E-state index in [0.717, 1.165) is 36.1 Å². The van der Waals surface area contributed by atoms with Gasteiger partial charge < -0.3 is 5.32 Å². The highest BCUT2D eigenvalue weighted by Gasteiger charge is 2.28. The summed E-state index contributed by atoms with van der Waals surface area (Å²) in [6.07, 6.45) is 7.28. The second kappa shape index (κ2) is 7.84. The highest BCUT2D eigenvalue weighted by atomic mass is 32.2. The molecule has 6 nitrogen and oxygen atoms in total. The lowest BCUT2D eigenvalue weighted by molar-refractivity contribution is -0.119. The molecule has 1 aliphatic rings. The van der Waals surface area contributed by atoms with Gasteiger partial charge in [0.05, 0.1) is 5.69 Å². The molecule has 0 spiro atoms. The zero-order valence-electron chi connectivity index (χ0n) is 16.1. The number of hydrogen-bond acceptors (Lipinski definition) is 4. The molecule has 1 aliphatic carbocycles. The van der Waals surface area contributed by atoms with E-state index in [4.69, 9.17) is 0 Å².